The molecule has 0 heterocycles. The summed E-state index contributed by atoms with van der Waals surface area (Å²) in [4.78, 5) is 0. The van der Waals surface area contributed by atoms with Crippen molar-refractivity contribution in [3.05, 3.63) is 0 Å². The second kappa shape index (κ2) is 6.75. The van der Waals surface area contributed by atoms with Gasteiger partial charge in [0.15, 0.2) is 0 Å². The molecule has 0 aromatic carbocycles. The fraction of sp³-hybridized carbons (Fsp3) is 1.00. The average Bonchev–Trinajstić information content (AvgIpc) is 2.58. The van der Waals surface area contributed by atoms with Crippen molar-refractivity contribution in [3.63, 3.8) is 0 Å². The van der Waals surface area contributed by atoms with Gasteiger partial charge in [-0.25, -0.2) is 0 Å². The van der Waals surface area contributed by atoms with Crippen LogP contribution in [-0.4, -0.2) is 18.1 Å². The van der Waals surface area contributed by atoms with Crippen molar-refractivity contribution in [2.75, 3.05) is 6.54 Å². The molecule has 2 aliphatic rings. The van der Waals surface area contributed by atoms with Crippen LogP contribution >= 0.6 is 0 Å². The van der Waals surface area contributed by atoms with Gasteiger partial charge in [0, 0.05) is 11.6 Å². The van der Waals surface area contributed by atoms with E-state index >= 15 is 0 Å². The van der Waals surface area contributed by atoms with Crippen molar-refractivity contribution >= 4 is 0 Å². The monoisotopic (exact) mass is 238 g/mol. The SMILES string of the molecule is NC1(CCNC2CCCCCC2)CCCCC1. The third-order valence-electron chi connectivity index (χ3n) is 4.76. The molecule has 100 valence electrons. The molecule has 0 unspecified atom stereocenters. The predicted octanol–water partition coefficient (Wildman–Crippen LogP) is 3.35. The molecule has 0 saturated heterocycles. The second-order valence-electron chi connectivity index (χ2n) is 6.32. The van der Waals surface area contributed by atoms with E-state index in [1.165, 1.54) is 77.0 Å². The Labute approximate surface area is 107 Å². The highest BCUT2D eigenvalue weighted by molar-refractivity contribution is 4.88. The third kappa shape index (κ3) is 4.59. The topological polar surface area (TPSA) is 38.0 Å². The molecule has 0 amide bonds. The highest BCUT2D eigenvalue weighted by atomic mass is 14.9. The second-order valence-corrected chi connectivity index (χ2v) is 6.32. The van der Waals surface area contributed by atoms with E-state index < -0.39 is 0 Å². The lowest BCUT2D eigenvalue weighted by Crippen LogP contribution is -2.45. The Bertz CT molecular complexity index is 201. The Morgan fingerprint density at radius 2 is 1.47 bits per heavy atom. The zero-order chi connectivity index (χ0) is 12.0. The van der Waals surface area contributed by atoms with E-state index in [1.54, 1.807) is 0 Å². The van der Waals surface area contributed by atoms with Gasteiger partial charge in [-0.05, 0) is 38.6 Å². The van der Waals surface area contributed by atoms with Crippen LogP contribution in [0, 0.1) is 0 Å². The van der Waals surface area contributed by atoms with E-state index in [9.17, 15) is 0 Å². The minimum absolute atomic E-state index is 0.163. The van der Waals surface area contributed by atoms with Crippen LogP contribution in [0.1, 0.15) is 77.0 Å². The normalized spacial score (nSPS) is 26.6. The Hall–Kier alpha value is -0.0800. The molecule has 2 aliphatic carbocycles. The zero-order valence-electron chi connectivity index (χ0n) is 11.3. The lowest BCUT2D eigenvalue weighted by molar-refractivity contribution is 0.269. The predicted molar refractivity (Wildman–Crippen MR) is 74.1 cm³/mol. The highest BCUT2D eigenvalue weighted by Crippen LogP contribution is 2.28. The standard InChI is InChI=1S/C15H30N2/c16-15(10-6-3-7-11-15)12-13-17-14-8-4-1-2-5-9-14/h14,17H,1-13,16H2. The van der Waals surface area contributed by atoms with Crippen molar-refractivity contribution in [1.82, 2.24) is 5.32 Å². The van der Waals surface area contributed by atoms with Gasteiger partial charge in [-0.1, -0.05) is 44.9 Å². The van der Waals surface area contributed by atoms with Crippen LogP contribution < -0.4 is 11.1 Å². The smallest absolute Gasteiger partial charge is 0.0166 e. The fourth-order valence-electron chi connectivity index (χ4n) is 3.51. The van der Waals surface area contributed by atoms with Gasteiger partial charge in [-0.15, -0.1) is 0 Å². The maximum atomic E-state index is 6.47. The Morgan fingerprint density at radius 3 is 2.12 bits per heavy atom. The summed E-state index contributed by atoms with van der Waals surface area (Å²) >= 11 is 0. The summed E-state index contributed by atoms with van der Waals surface area (Å²) in [6.07, 6.45) is 16.3. The molecule has 2 saturated carbocycles. The summed E-state index contributed by atoms with van der Waals surface area (Å²) in [5.41, 5.74) is 6.63. The Balaban J connectivity index is 1.63. The van der Waals surface area contributed by atoms with Gasteiger partial charge in [0.25, 0.3) is 0 Å². The summed E-state index contributed by atoms with van der Waals surface area (Å²) in [5, 5.41) is 3.75. The number of hydrogen-bond donors (Lipinski definition) is 2. The van der Waals surface area contributed by atoms with Gasteiger partial charge < -0.3 is 11.1 Å². The largest absolute Gasteiger partial charge is 0.325 e. The summed E-state index contributed by atoms with van der Waals surface area (Å²) in [5.74, 6) is 0. The molecule has 17 heavy (non-hydrogen) atoms. The highest BCUT2D eigenvalue weighted by Gasteiger charge is 2.26. The maximum Gasteiger partial charge on any atom is 0.0166 e. The number of nitrogens with two attached hydrogens (primary N) is 1. The molecule has 0 spiro atoms. The molecule has 0 atom stereocenters. The van der Waals surface area contributed by atoms with Crippen molar-refractivity contribution < 1.29 is 0 Å². The number of nitrogens with one attached hydrogen (secondary N) is 1. The molecule has 3 N–H and O–H groups in total. The molecule has 2 nitrogen and oxygen atoms in total. The zero-order valence-corrected chi connectivity index (χ0v) is 11.3. The minimum Gasteiger partial charge on any atom is -0.325 e. The van der Waals surface area contributed by atoms with Gasteiger partial charge in [-0.3, -0.25) is 0 Å². The van der Waals surface area contributed by atoms with Crippen molar-refractivity contribution in [3.8, 4) is 0 Å². The Morgan fingerprint density at radius 1 is 0.882 bits per heavy atom. The molecular weight excluding hydrogens is 208 g/mol. The molecule has 0 radical (unpaired) electrons. The molecule has 0 aromatic rings. The van der Waals surface area contributed by atoms with Crippen LogP contribution in [0.15, 0.2) is 0 Å². The van der Waals surface area contributed by atoms with Crippen LogP contribution in [0.4, 0.5) is 0 Å². The molecule has 2 rings (SSSR count). The third-order valence-corrected chi connectivity index (χ3v) is 4.76. The van der Waals surface area contributed by atoms with Crippen molar-refractivity contribution in [2.24, 2.45) is 5.73 Å². The first-order valence-electron chi connectivity index (χ1n) is 7.81. The molecule has 0 aliphatic heterocycles. The van der Waals surface area contributed by atoms with E-state index in [4.69, 9.17) is 5.73 Å². The number of rotatable bonds is 4. The first-order valence-corrected chi connectivity index (χ1v) is 7.81. The van der Waals surface area contributed by atoms with Crippen molar-refractivity contribution in [2.45, 2.75) is 88.6 Å². The molecule has 0 bridgehead atoms. The van der Waals surface area contributed by atoms with Gasteiger partial charge >= 0.3 is 0 Å². The van der Waals surface area contributed by atoms with E-state index in [0.717, 1.165) is 12.6 Å². The van der Waals surface area contributed by atoms with Gasteiger partial charge in [-0.2, -0.15) is 0 Å². The quantitative estimate of drug-likeness (QED) is 0.737. The van der Waals surface area contributed by atoms with Gasteiger partial charge in [0.2, 0.25) is 0 Å². The summed E-state index contributed by atoms with van der Waals surface area (Å²) < 4.78 is 0. The van der Waals surface area contributed by atoms with Crippen LogP contribution in [-0.2, 0) is 0 Å². The molecule has 2 heteroatoms. The fourth-order valence-corrected chi connectivity index (χ4v) is 3.51. The summed E-state index contributed by atoms with van der Waals surface area (Å²) in [6, 6.07) is 0.782. The van der Waals surface area contributed by atoms with E-state index in [-0.39, 0.29) is 5.54 Å². The maximum absolute atomic E-state index is 6.47. The minimum atomic E-state index is 0.163. The van der Waals surface area contributed by atoms with Crippen LogP contribution in [0.2, 0.25) is 0 Å². The molecular formula is C15H30N2. The molecule has 2 fully saturated rings. The van der Waals surface area contributed by atoms with E-state index in [1.807, 2.05) is 0 Å². The van der Waals surface area contributed by atoms with Crippen molar-refractivity contribution in [1.29, 1.82) is 0 Å². The lowest BCUT2D eigenvalue weighted by Gasteiger charge is -2.34. The average molecular weight is 238 g/mol. The van der Waals surface area contributed by atoms with Crippen LogP contribution in [0.3, 0.4) is 0 Å². The lowest BCUT2D eigenvalue weighted by atomic mass is 9.80. The van der Waals surface area contributed by atoms with E-state index in [0.29, 0.717) is 0 Å². The molecule has 0 aromatic heterocycles. The van der Waals surface area contributed by atoms with E-state index in [2.05, 4.69) is 5.32 Å². The summed E-state index contributed by atoms with van der Waals surface area (Å²) in [6.45, 7) is 1.14. The summed E-state index contributed by atoms with van der Waals surface area (Å²) in [7, 11) is 0. The first kappa shape index (κ1) is 13.4. The van der Waals surface area contributed by atoms with Gasteiger partial charge in [0.05, 0.1) is 0 Å². The van der Waals surface area contributed by atoms with Crippen LogP contribution in [0.5, 0.6) is 0 Å². The van der Waals surface area contributed by atoms with Gasteiger partial charge in [0.1, 0.15) is 0 Å². The first-order chi connectivity index (χ1) is 8.29. The Kier molecular flexibility index (Phi) is 5.30. The number of hydrogen-bond acceptors (Lipinski definition) is 2. The van der Waals surface area contributed by atoms with Crippen LogP contribution in [0.25, 0.3) is 0 Å².